The molecule has 2 saturated heterocycles. The fraction of sp³-hybridized carbons (Fsp3) is 0.452. The first kappa shape index (κ1) is 27.1. The third-order valence-electron chi connectivity index (χ3n) is 7.47. The normalized spacial score (nSPS) is 19.7. The zero-order chi connectivity index (χ0) is 28.4. The van der Waals surface area contributed by atoms with E-state index in [-0.39, 0.29) is 18.4 Å². The van der Waals surface area contributed by atoms with Crippen molar-refractivity contribution in [3.8, 4) is 22.5 Å². The molecule has 4 aromatic heterocycles. The van der Waals surface area contributed by atoms with Gasteiger partial charge in [0.05, 0.1) is 17.4 Å². The van der Waals surface area contributed by atoms with E-state index in [1.54, 1.807) is 6.20 Å². The fourth-order valence-corrected chi connectivity index (χ4v) is 5.55. The summed E-state index contributed by atoms with van der Waals surface area (Å²) < 4.78 is 13.5. The van der Waals surface area contributed by atoms with Crippen molar-refractivity contribution in [2.45, 2.75) is 70.7 Å². The second-order valence-corrected chi connectivity index (χ2v) is 11.8. The Morgan fingerprint density at radius 2 is 1.95 bits per heavy atom. The molecule has 0 radical (unpaired) electrons. The maximum absolute atomic E-state index is 12.3. The summed E-state index contributed by atoms with van der Waals surface area (Å²) in [6.45, 7) is 7.91. The Hall–Kier alpha value is -4.05. The SMILES string of the molecule is CC(C)(C)OC(=O)N[C@@H]1CCCN(c2ccc(-c3nn(C4CCCCO4)c4cnc(-c5cccnc5)cc34)cn2)C1. The van der Waals surface area contributed by atoms with Crippen molar-refractivity contribution in [2.24, 2.45) is 0 Å². The van der Waals surface area contributed by atoms with Crippen LogP contribution >= 0.6 is 0 Å². The van der Waals surface area contributed by atoms with Crippen LogP contribution in [-0.4, -0.2) is 62.2 Å². The minimum absolute atomic E-state index is 0.00797. The molecule has 6 heterocycles. The molecule has 0 aromatic carbocycles. The summed E-state index contributed by atoms with van der Waals surface area (Å²) in [4.78, 5) is 28.4. The number of rotatable bonds is 5. The summed E-state index contributed by atoms with van der Waals surface area (Å²) in [5.74, 6) is 0.876. The van der Waals surface area contributed by atoms with Crippen LogP contribution in [0.1, 0.15) is 59.1 Å². The van der Waals surface area contributed by atoms with Gasteiger partial charge in [0.15, 0.2) is 6.23 Å². The molecule has 0 saturated carbocycles. The van der Waals surface area contributed by atoms with Gasteiger partial charge in [-0.25, -0.2) is 14.5 Å². The van der Waals surface area contributed by atoms with Gasteiger partial charge in [-0.1, -0.05) is 0 Å². The molecule has 1 amide bonds. The number of aromatic nitrogens is 5. The highest BCUT2D eigenvalue weighted by Gasteiger charge is 2.26. The summed E-state index contributed by atoms with van der Waals surface area (Å²) in [6, 6.07) is 10.1. The molecule has 2 atom stereocenters. The van der Waals surface area contributed by atoms with Gasteiger partial charge in [-0.15, -0.1) is 0 Å². The molecule has 2 aliphatic heterocycles. The lowest BCUT2D eigenvalue weighted by Gasteiger charge is -2.34. The summed E-state index contributed by atoms with van der Waals surface area (Å²) in [7, 11) is 0. The monoisotopic (exact) mass is 555 g/mol. The van der Waals surface area contributed by atoms with E-state index in [0.717, 1.165) is 84.5 Å². The van der Waals surface area contributed by atoms with Gasteiger partial charge in [-0.05, 0) is 83.2 Å². The third kappa shape index (κ3) is 6.17. The van der Waals surface area contributed by atoms with Crippen LogP contribution in [0.5, 0.6) is 0 Å². The molecule has 214 valence electrons. The minimum Gasteiger partial charge on any atom is -0.444 e. The Kier molecular flexibility index (Phi) is 7.57. The summed E-state index contributed by atoms with van der Waals surface area (Å²) >= 11 is 0. The van der Waals surface area contributed by atoms with Crippen molar-refractivity contribution in [3.05, 3.63) is 55.1 Å². The van der Waals surface area contributed by atoms with E-state index >= 15 is 0 Å². The standard InChI is InChI=1S/C31H37N7O3/c1-31(2,3)41-30(39)35-23-9-7-14-37(20-23)27-12-11-22(18-34-27)29-24-16-25(21-8-6-13-32-17-21)33-19-26(24)38(36-29)28-10-4-5-15-40-28/h6,8,11-13,16-19,23,28H,4-5,7,9-10,14-15,20H2,1-3H3,(H,35,39)/t23-,28?/m1/s1. The van der Waals surface area contributed by atoms with Gasteiger partial charge in [0, 0.05) is 60.8 Å². The molecular weight excluding hydrogens is 518 g/mol. The molecule has 1 N–H and O–H groups in total. The smallest absolute Gasteiger partial charge is 0.407 e. The number of ether oxygens (including phenoxy) is 2. The maximum Gasteiger partial charge on any atom is 0.407 e. The Balaban J connectivity index is 1.27. The summed E-state index contributed by atoms with van der Waals surface area (Å²) in [6.07, 6.45) is 11.8. The van der Waals surface area contributed by atoms with E-state index in [9.17, 15) is 4.79 Å². The highest BCUT2D eigenvalue weighted by Crippen LogP contribution is 2.34. The van der Waals surface area contributed by atoms with Crippen molar-refractivity contribution in [2.75, 3.05) is 24.6 Å². The zero-order valence-corrected chi connectivity index (χ0v) is 23.9. The van der Waals surface area contributed by atoms with Crippen molar-refractivity contribution in [3.63, 3.8) is 0 Å². The lowest BCUT2D eigenvalue weighted by molar-refractivity contribution is -0.0365. The predicted molar refractivity (Wildman–Crippen MR) is 157 cm³/mol. The molecule has 10 heteroatoms. The average Bonchev–Trinajstić information content (AvgIpc) is 3.36. The number of hydrogen-bond donors (Lipinski definition) is 1. The van der Waals surface area contributed by atoms with Crippen LogP contribution < -0.4 is 10.2 Å². The quantitative estimate of drug-likeness (QED) is 0.332. The van der Waals surface area contributed by atoms with E-state index in [1.165, 1.54) is 0 Å². The van der Waals surface area contributed by atoms with Gasteiger partial charge >= 0.3 is 6.09 Å². The number of nitrogens with zero attached hydrogens (tertiary/aromatic N) is 6. The van der Waals surface area contributed by atoms with Crippen LogP contribution in [0, 0.1) is 0 Å². The number of anilines is 1. The molecule has 2 aliphatic rings. The topological polar surface area (TPSA) is 107 Å². The highest BCUT2D eigenvalue weighted by molar-refractivity contribution is 5.95. The first-order chi connectivity index (χ1) is 19.8. The minimum atomic E-state index is -0.523. The van der Waals surface area contributed by atoms with E-state index in [4.69, 9.17) is 24.5 Å². The Morgan fingerprint density at radius 3 is 2.68 bits per heavy atom. The number of alkyl carbamates (subject to hydrolysis) is 1. The second kappa shape index (κ2) is 11.4. The fourth-order valence-electron chi connectivity index (χ4n) is 5.55. The molecule has 10 nitrogen and oxygen atoms in total. The van der Waals surface area contributed by atoms with Crippen molar-refractivity contribution in [1.29, 1.82) is 0 Å². The van der Waals surface area contributed by atoms with Gasteiger partial charge in [-0.2, -0.15) is 5.10 Å². The molecule has 0 spiro atoms. The van der Waals surface area contributed by atoms with Crippen LogP contribution in [0.4, 0.5) is 10.6 Å². The highest BCUT2D eigenvalue weighted by atomic mass is 16.6. The van der Waals surface area contributed by atoms with E-state index in [2.05, 4.69) is 27.3 Å². The molecular formula is C31H37N7O3. The van der Waals surface area contributed by atoms with Gasteiger partial charge in [0.25, 0.3) is 0 Å². The van der Waals surface area contributed by atoms with Crippen LogP contribution in [0.15, 0.2) is 55.1 Å². The van der Waals surface area contributed by atoms with Crippen LogP contribution in [0.25, 0.3) is 33.4 Å². The number of piperidine rings is 1. The van der Waals surface area contributed by atoms with E-state index in [0.29, 0.717) is 6.54 Å². The molecule has 2 fully saturated rings. The lowest BCUT2D eigenvalue weighted by atomic mass is 10.1. The second-order valence-electron chi connectivity index (χ2n) is 11.8. The third-order valence-corrected chi connectivity index (χ3v) is 7.47. The zero-order valence-electron chi connectivity index (χ0n) is 23.9. The van der Waals surface area contributed by atoms with Crippen molar-refractivity contribution < 1.29 is 14.3 Å². The van der Waals surface area contributed by atoms with Crippen LogP contribution in [-0.2, 0) is 9.47 Å². The number of pyridine rings is 3. The average molecular weight is 556 g/mol. The Labute approximate surface area is 240 Å². The molecule has 0 aliphatic carbocycles. The molecule has 41 heavy (non-hydrogen) atoms. The first-order valence-electron chi connectivity index (χ1n) is 14.5. The molecule has 4 aromatic rings. The molecule has 1 unspecified atom stereocenters. The summed E-state index contributed by atoms with van der Waals surface area (Å²) in [5, 5.41) is 9.08. The summed E-state index contributed by atoms with van der Waals surface area (Å²) in [5.41, 5.74) is 3.99. The predicted octanol–water partition coefficient (Wildman–Crippen LogP) is 5.75. The van der Waals surface area contributed by atoms with Gasteiger partial charge in [0.2, 0.25) is 0 Å². The van der Waals surface area contributed by atoms with Crippen molar-refractivity contribution >= 4 is 22.8 Å². The number of hydrogen-bond acceptors (Lipinski definition) is 8. The number of carbonyl (C=O) groups excluding carboxylic acids is 1. The number of carbonyl (C=O) groups is 1. The molecule has 6 rings (SSSR count). The van der Waals surface area contributed by atoms with Crippen LogP contribution in [0.2, 0.25) is 0 Å². The van der Waals surface area contributed by atoms with Gasteiger partial charge in [-0.3, -0.25) is 9.97 Å². The van der Waals surface area contributed by atoms with E-state index in [1.807, 2.05) is 62.2 Å². The van der Waals surface area contributed by atoms with Crippen LogP contribution in [0.3, 0.4) is 0 Å². The van der Waals surface area contributed by atoms with Gasteiger partial charge < -0.3 is 19.7 Å². The largest absolute Gasteiger partial charge is 0.444 e. The van der Waals surface area contributed by atoms with Crippen molar-refractivity contribution in [1.82, 2.24) is 30.0 Å². The maximum atomic E-state index is 12.3. The lowest BCUT2D eigenvalue weighted by Crippen LogP contribution is -2.49. The number of amides is 1. The molecule has 0 bridgehead atoms. The number of nitrogens with one attached hydrogen (secondary N) is 1. The van der Waals surface area contributed by atoms with E-state index < -0.39 is 5.60 Å². The van der Waals surface area contributed by atoms with Gasteiger partial charge in [0.1, 0.15) is 17.1 Å². The first-order valence-corrected chi connectivity index (χ1v) is 14.5. The Morgan fingerprint density at radius 1 is 1.05 bits per heavy atom. The number of fused-ring (bicyclic) bond motifs is 1. The Bertz CT molecular complexity index is 1490.